The zero-order valence-electron chi connectivity index (χ0n) is 5.14. The van der Waals surface area contributed by atoms with Crippen molar-refractivity contribution in [3.05, 3.63) is 11.8 Å². The topological polar surface area (TPSA) is 35.5 Å². The molecule has 0 aliphatic carbocycles. The number of rotatable bonds is 0. The third-order valence-corrected chi connectivity index (χ3v) is 0.985. The molecule has 0 fully saturated rings. The highest BCUT2D eigenvalue weighted by Crippen LogP contribution is 2.27. The van der Waals surface area contributed by atoms with Crippen LogP contribution in [0.15, 0.2) is 11.8 Å². The van der Waals surface area contributed by atoms with Gasteiger partial charge in [-0.15, -0.1) is 0 Å². The van der Waals surface area contributed by atoms with E-state index >= 15 is 0 Å². The van der Waals surface area contributed by atoms with Crippen LogP contribution in [0.4, 0.5) is 13.2 Å². The van der Waals surface area contributed by atoms with Gasteiger partial charge in [0.05, 0.1) is 0 Å². The van der Waals surface area contributed by atoms with E-state index in [0.717, 1.165) is 0 Å². The van der Waals surface area contributed by atoms with E-state index in [1.807, 2.05) is 0 Å². The van der Waals surface area contributed by atoms with Crippen molar-refractivity contribution in [1.82, 2.24) is 0 Å². The lowest BCUT2D eigenvalue weighted by Crippen LogP contribution is -2.26. The smallest absolute Gasteiger partial charge is 0.426 e. The third-order valence-electron chi connectivity index (χ3n) is 0.985. The zero-order chi connectivity index (χ0) is 8.48. The molecule has 0 aromatic carbocycles. The van der Waals surface area contributed by atoms with Crippen LogP contribution in [0.1, 0.15) is 0 Å². The van der Waals surface area contributed by atoms with Crippen LogP contribution in [0.2, 0.25) is 0 Å². The van der Waals surface area contributed by atoms with Crippen molar-refractivity contribution in [1.29, 1.82) is 0 Å². The molecule has 0 aromatic heterocycles. The Bertz CT molecular complexity index is 206. The van der Waals surface area contributed by atoms with Crippen molar-refractivity contribution in [2.24, 2.45) is 0 Å². The number of hydrogen-bond donors (Lipinski definition) is 0. The summed E-state index contributed by atoms with van der Waals surface area (Å²) in [4.78, 5) is 10.4. The second kappa shape index (κ2) is 2.44. The van der Waals surface area contributed by atoms with Gasteiger partial charge in [-0.1, -0.05) is 0 Å². The van der Waals surface area contributed by atoms with Crippen LogP contribution >= 0.6 is 0 Å². The van der Waals surface area contributed by atoms with Crippen LogP contribution in [-0.4, -0.2) is 18.9 Å². The van der Waals surface area contributed by atoms with Gasteiger partial charge in [0.25, 0.3) is 0 Å². The predicted molar refractivity (Wildman–Crippen MR) is 26.2 cm³/mol. The Labute approximate surface area is 59.4 Å². The number of esters is 1. The average molecular weight is 168 g/mol. The Morgan fingerprint density at radius 2 is 2.09 bits per heavy atom. The van der Waals surface area contributed by atoms with Crippen molar-refractivity contribution < 1.29 is 27.4 Å². The van der Waals surface area contributed by atoms with Gasteiger partial charge in [-0.3, -0.25) is 0 Å². The second-order valence-corrected chi connectivity index (χ2v) is 1.75. The summed E-state index contributed by atoms with van der Waals surface area (Å²) in [5.74, 6) is -1.40. The number of ether oxygens (including phenoxy) is 2. The minimum atomic E-state index is -4.70. The quantitative estimate of drug-likeness (QED) is 0.505. The molecule has 1 rings (SSSR count). The Morgan fingerprint density at radius 3 is 2.45 bits per heavy atom. The van der Waals surface area contributed by atoms with Gasteiger partial charge >= 0.3 is 12.1 Å². The molecule has 0 saturated heterocycles. The summed E-state index contributed by atoms with van der Waals surface area (Å²) in [6.07, 6.45) is -4.34. The first-order chi connectivity index (χ1) is 5.02. The lowest BCUT2D eigenvalue weighted by Gasteiger charge is -2.14. The van der Waals surface area contributed by atoms with Crippen molar-refractivity contribution in [3.8, 4) is 0 Å². The zero-order valence-corrected chi connectivity index (χ0v) is 5.14. The molecule has 11 heavy (non-hydrogen) atoms. The lowest BCUT2D eigenvalue weighted by atomic mass is 10.3. The highest BCUT2D eigenvalue weighted by Gasteiger charge is 2.41. The number of carbonyl (C=O) groups is 1. The van der Waals surface area contributed by atoms with Crippen molar-refractivity contribution in [3.63, 3.8) is 0 Å². The number of alkyl halides is 3. The molecule has 0 amide bonds. The molecule has 0 spiro atoms. The van der Waals surface area contributed by atoms with Gasteiger partial charge < -0.3 is 9.47 Å². The first-order valence-corrected chi connectivity index (χ1v) is 2.58. The van der Waals surface area contributed by atoms with E-state index in [1.165, 1.54) is 0 Å². The molecule has 1 aliphatic rings. The van der Waals surface area contributed by atoms with Crippen LogP contribution in [0.5, 0.6) is 0 Å². The van der Waals surface area contributed by atoms with E-state index in [1.54, 1.807) is 0 Å². The van der Waals surface area contributed by atoms with Crippen LogP contribution in [0.25, 0.3) is 0 Å². The van der Waals surface area contributed by atoms with Crippen LogP contribution in [0, 0.1) is 0 Å². The number of carbonyl (C=O) groups excluding carboxylic acids is 1. The molecule has 0 saturated carbocycles. The number of cyclic esters (lactones) is 1. The van der Waals surface area contributed by atoms with Gasteiger partial charge in [-0.25, -0.2) is 4.79 Å². The maximum atomic E-state index is 11.7. The molecule has 3 nitrogen and oxygen atoms in total. The van der Waals surface area contributed by atoms with Crippen LogP contribution in [0.3, 0.4) is 0 Å². The highest BCUT2D eigenvalue weighted by molar-refractivity contribution is 5.89. The molecule has 0 unspecified atom stereocenters. The van der Waals surface area contributed by atoms with Gasteiger partial charge in [-0.2, -0.15) is 13.2 Å². The van der Waals surface area contributed by atoms with Gasteiger partial charge in [0.15, 0.2) is 5.57 Å². The number of halogens is 3. The Kier molecular flexibility index (Phi) is 1.76. The first kappa shape index (κ1) is 7.90. The molecule has 0 aromatic rings. The van der Waals surface area contributed by atoms with Crippen LogP contribution < -0.4 is 0 Å². The third kappa shape index (κ3) is 1.63. The van der Waals surface area contributed by atoms with Crippen molar-refractivity contribution in [2.75, 3.05) is 6.79 Å². The van der Waals surface area contributed by atoms with Gasteiger partial charge in [0.1, 0.15) is 6.26 Å². The first-order valence-electron chi connectivity index (χ1n) is 2.58. The average Bonchev–Trinajstić information content (AvgIpc) is 1.86. The molecular weight excluding hydrogens is 165 g/mol. The van der Waals surface area contributed by atoms with E-state index in [4.69, 9.17) is 0 Å². The molecule has 0 bridgehead atoms. The van der Waals surface area contributed by atoms with Crippen molar-refractivity contribution in [2.45, 2.75) is 6.18 Å². The predicted octanol–water partition coefficient (Wildman–Crippen LogP) is 0.964. The largest absolute Gasteiger partial charge is 0.464 e. The SMILES string of the molecule is O=C1OCOC=C1C(F)(F)F. The summed E-state index contributed by atoms with van der Waals surface area (Å²) in [7, 11) is 0. The number of hydrogen-bond acceptors (Lipinski definition) is 3. The van der Waals surface area contributed by atoms with E-state index in [2.05, 4.69) is 9.47 Å². The van der Waals surface area contributed by atoms with E-state index in [0.29, 0.717) is 6.26 Å². The lowest BCUT2D eigenvalue weighted by molar-refractivity contribution is -0.165. The van der Waals surface area contributed by atoms with Gasteiger partial charge in [0, 0.05) is 0 Å². The Balaban J connectivity index is 2.85. The molecule has 6 heteroatoms. The summed E-state index contributed by atoms with van der Waals surface area (Å²) >= 11 is 0. The van der Waals surface area contributed by atoms with Crippen molar-refractivity contribution >= 4 is 5.97 Å². The van der Waals surface area contributed by atoms with E-state index in [9.17, 15) is 18.0 Å². The fourth-order valence-corrected chi connectivity index (χ4v) is 0.513. The van der Waals surface area contributed by atoms with E-state index in [-0.39, 0.29) is 0 Å². The fraction of sp³-hybridized carbons (Fsp3) is 0.400. The fourth-order valence-electron chi connectivity index (χ4n) is 0.513. The Morgan fingerprint density at radius 1 is 1.45 bits per heavy atom. The maximum Gasteiger partial charge on any atom is 0.426 e. The summed E-state index contributed by atoms with van der Waals surface area (Å²) in [6, 6.07) is 0. The molecule has 0 atom stereocenters. The molecule has 0 radical (unpaired) electrons. The monoisotopic (exact) mass is 168 g/mol. The normalized spacial score (nSPS) is 18.5. The van der Waals surface area contributed by atoms with Crippen LogP contribution in [-0.2, 0) is 14.3 Å². The molecule has 62 valence electrons. The molecule has 1 heterocycles. The molecule has 1 aliphatic heterocycles. The molecule has 0 N–H and O–H groups in total. The summed E-state index contributed by atoms with van der Waals surface area (Å²) in [5.41, 5.74) is -1.41. The van der Waals surface area contributed by atoms with Gasteiger partial charge in [-0.05, 0) is 0 Å². The molecular formula is C5H3F3O3. The summed E-state index contributed by atoms with van der Waals surface area (Å²) < 4.78 is 43.3. The maximum absolute atomic E-state index is 11.7. The summed E-state index contributed by atoms with van der Waals surface area (Å²) in [6.45, 7) is -0.460. The minimum absolute atomic E-state index is 0.353. The Hall–Kier alpha value is -1.20. The summed E-state index contributed by atoms with van der Waals surface area (Å²) in [5, 5.41) is 0. The standard InChI is InChI=1S/C5H3F3O3/c6-5(7,8)3-1-10-2-11-4(3)9/h1H,2H2. The van der Waals surface area contributed by atoms with E-state index < -0.39 is 24.5 Å². The highest BCUT2D eigenvalue weighted by atomic mass is 19.4. The second-order valence-electron chi connectivity index (χ2n) is 1.75. The minimum Gasteiger partial charge on any atom is -0.464 e. The van der Waals surface area contributed by atoms with Gasteiger partial charge in [0.2, 0.25) is 6.79 Å².